The number of nitrogens with zero attached hydrogens (tertiary/aromatic N) is 2. The van der Waals surface area contributed by atoms with Gasteiger partial charge in [0.15, 0.2) is 6.19 Å². The molecule has 1 N–H and O–H groups in total. The van der Waals surface area contributed by atoms with E-state index in [1.165, 1.54) is 32.4 Å². The molecule has 0 unspecified atom stereocenters. The molecule has 1 aromatic heterocycles. The zero-order chi connectivity index (χ0) is 26.3. The van der Waals surface area contributed by atoms with E-state index in [-0.39, 0.29) is 28.8 Å². The highest BCUT2D eigenvalue weighted by Crippen LogP contribution is 2.40. The van der Waals surface area contributed by atoms with Crippen LogP contribution in [0.15, 0.2) is 59.0 Å². The van der Waals surface area contributed by atoms with E-state index in [4.69, 9.17) is 20.8 Å². The van der Waals surface area contributed by atoms with E-state index in [2.05, 4.69) is 5.32 Å². The quantitative estimate of drug-likeness (QED) is 0.249. The van der Waals surface area contributed by atoms with Crippen molar-refractivity contribution in [3.05, 3.63) is 76.6 Å². The van der Waals surface area contributed by atoms with Crippen molar-refractivity contribution in [2.75, 3.05) is 14.2 Å². The number of methoxy groups -OCH3 is 1. The Bertz CT molecular complexity index is 1590. The van der Waals surface area contributed by atoms with E-state index in [1.807, 2.05) is 6.19 Å². The fourth-order valence-electron chi connectivity index (χ4n) is 4.29. The number of ether oxygens (including phenoxy) is 1. The molecule has 0 aliphatic heterocycles. The second-order valence-electron chi connectivity index (χ2n) is 8.64. The highest BCUT2D eigenvalue weighted by molar-refractivity contribution is 6.34. The van der Waals surface area contributed by atoms with Crippen molar-refractivity contribution in [1.29, 1.82) is 5.26 Å². The van der Waals surface area contributed by atoms with Crippen molar-refractivity contribution >= 4 is 34.4 Å². The van der Waals surface area contributed by atoms with Gasteiger partial charge in [-0.25, -0.2) is 9.29 Å². The minimum Gasteiger partial charge on any atom is -0.496 e. The van der Waals surface area contributed by atoms with Crippen LogP contribution in [0, 0.1) is 17.3 Å². The van der Waals surface area contributed by atoms with Gasteiger partial charge in [-0.1, -0.05) is 17.7 Å². The Hall–Kier alpha value is -4.35. The van der Waals surface area contributed by atoms with Crippen LogP contribution < -0.4 is 10.1 Å². The molecule has 1 heterocycles. The first kappa shape index (κ1) is 24.3. The second-order valence-corrected chi connectivity index (χ2v) is 9.05. The molecule has 5 rings (SSSR count). The number of benzene rings is 3. The maximum absolute atomic E-state index is 13.5. The number of nitriles is 1. The van der Waals surface area contributed by atoms with E-state index in [9.17, 15) is 19.2 Å². The number of hydrogen-bond acceptors (Lipinski definition) is 5. The van der Waals surface area contributed by atoms with Gasteiger partial charge in [-0.05, 0) is 60.9 Å². The van der Waals surface area contributed by atoms with Gasteiger partial charge in [0.2, 0.25) is 0 Å². The molecule has 0 atom stereocenters. The van der Waals surface area contributed by atoms with Crippen molar-refractivity contribution in [2.24, 2.45) is 0 Å². The van der Waals surface area contributed by atoms with Gasteiger partial charge in [0.25, 0.3) is 11.8 Å². The summed E-state index contributed by atoms with van der Waals surface area (Å²) in [6.45, 7) is 0. The van der Waals surface area contributed by atoms with Crippen LogP contribution in [0.3, 0.4) is 0 Å². The Labute approximate surface area is 217 Å². The van der Waals surface area contributed by atoms with E-state index in [0.717, 1.165) is 17.7 Å². The van der Waals surface area contributed by atoms with Gasteiger partial charge in [0.05, 0.1) is 23.3 Å². The second kappa shape index (κ2) is 9.60. The van der Waals surface area contributed by atoms with Gasteiger partial charge < -0.3 is 14.5 Å². The van der Waals surface area contributed by atoms with Crippen molar-refractivity contribution in [3.8, 4) is 34.4 Å². The van der Waals surface area contributed by atoms with Gasteiger partial charge in [-0.2, -0.15) is 5.26 Å². The molecule has 4 aromatic rings. The van der Waals surface area contributed by atoms with Crippen LogP contribution in [0.1, 0.15) is 33.6 Å². The molecular formula is C28H21ClFN3O4. The van der Waals surface area contributed by atoms with Crippen LogP contribution in [0.4, 0.5) is 4.39 Å². The molecule has 0 radical (unpaired) electrons. The van der Waals surface area contributed by atoms with E-state index in [0.29, 0.717) is 38.4 Å². The molecule has 9 heteroatoms. The van der Waals surface area contributed by atoms with Crippen LogP contribution in [0.25, 0.3) is 33.4 Å². The topological polar surface area (TPSA) is 95.6 Å². The monoisotopic (exact) mass is 517 g/mol. The molecular weight excluding hydrogens is 497 g/mol. The van der Waals surface area contributed by atoms with Crippen molar-refractivity contribution < 1.29 is 23.1 Å². The minimum atomic E-state index is -0.464. The summed E-state index contributed by atoms with van der Waals surface area (Å²) in [5, 5.41) is 13.0. The summed E-state index contributed by atoms with van der Waals surface area (Å²) in [6, 6.07) is 13.9. The summed E-state index contributed by atoms with van der Waals surface area (Å²) in [6.07, 6.45) is 3.53. The summed E-state index contributed by atoms with van der Waals surface area (Å²) in [5.41, 5.74) is 2.64. The van der Waals surface area contributed by atoms with Gasteiger partial charge in [0, 0.05) is 35.7 Å². The molecule has 0 spiro atoms. The predicted octanol–water partition coefficient (Wildman–Crippen LogP) is 6.01. The highest BCUT2D eigenvalue weighted by Gasteiger charge is 2.35. The lowest BCUT2D eigenvalue weighted by Crippen LogP contribution is -2.28. The number of fused-ring (bicyclic) bond motifs is 1. The number of rotatable bonds is 6. The normalized spacial score (nSPS) is 12.7. The first-order chi connectivity index (χ1) is 17.9. The molecule has 186 valence electrons. The highest BCUT2D eigenvalue weighted by atomic mass is 35.5. The van der Waals surface area contributed by atoms with Crippen LogP contribution in [-0.2, 0) is 0 Å². The van der Waals surface area contributed by atoms with Crippen LogP contribution in [-0.4, -0.2) is 36.9 Å². The molecule has 1 saturated carbocycles. The Morgan fingerprint density at radius 2 is 1.84 bits per heavy atom. The third kappa shape index (κ3) is 4.39. The maximum Gasteiger partial charge on any atom is 0.270 e. The average molecular weight is 518 g/mol. The number of amides is 2. The number of carbonyl (C=O) groups excluding carboxylic acids is 2. The molecule has 7 nitrogen and oxygen atoms in total. The lowest BCUT2D eigenvalue weighted by atomic mass is 9.98. The summed E-state index contributed by atoms with van der Waals surface area (Å²) in [5.74, 6) is -0.680. The average Bonchev–Trinajstić information content (AvgIpc) is 3.67. The third-order valence-corrected chi connectivity index (χ3v) is 6.63. The number of nitrogens with one attached hydrogen (secondary N) is 1. The SMILES string of the molecule is CNC(=O)c1c(-c2ccc(F)cc2)oc2ccc(-c3cc(C(=O)N(C#N)C4CC4)c(OC)cc3Cl)cc12. The molecule has 3 aromatic carbocycles. The van der Waals surface area contributed by atoms with Crippen LogP contribution in [0.2, 0.25) is 5.02 Å². The molecule has 0 bridgehead atoms. The Kier molecular flexibility index (Phi) is 6.32. The fraction of sp³-hybridized carbons (Fsp3) is 0.179. The van der Waals surface area contributed by atoms with Crippen molar-refractivity contribution in [1.82, 2.24) is 10.2 Å². The Morgan fingerprint density at radius 1 is 1.14 bits per heavy atom. The molecule has 1 aliphatic rings. The Balaban J connectivity index is 1.67. The van der Waals surface area contributed by atoms with E-state index in [1.54, 1.807) is 36.4 Å². The first-order valence-corrected chi connectivity index (χ1v) is 11.9. The molecule has 1 aliphatic carbocycles. The fourth-order valence-corrected chi connectivity index (χ4v) is 4.55. The molecule has 37 heavy (non-hydrogen) atoms. The summed E-state index contributed by atoms with van der Waals surface area (Å²) >= 11 is 6.60. The Morgan fingerprint density at radius 3 is 2.46 bits per heavy atom. The van der Waals surface area contributed by atoms with Crippen molar-refractivity contribution in [3.63, 3.8) is 0 Å². The zero-order valence-electron chi connectivity index (χ0n) is 20.0. The number of hydrogen-bond donors (Lipinski definition) is 1. The largest absolute Gasteiger partial charge is 0.496 e. The lowest BCUT2D eigenvalue weighted by Gasteiger charge is -2.17. The molecule has 2 amide bonds. The van der Waals surface area contributed by atoms with E-state index >= 15 is 0 Å². The van der Waals surface area contributed by atoms with Crippen LogP contribution >= 0.6 is 11.6 Å². The summed E-state index contributed by atoms with van der Waals surface area (Å²) < 4.78 is 24.9. The molecule has 0 saturated heterocycles. The van der Waals surface area contributed by atoms with Gasteiger partial charge in [-0.3, -0.25) is 9.59 Å². The lowest BCUT2D eigenvalue weighted by molar-refractivity contribution is 0.0820. The minimum absolute atomic E-state index is 0.108. The van der Waals surface area contributed by atoms with E-state index < -0.39 is 11.7 Å². The van der Waals surface area contributed by atoms with Crippen LogP contribution in [0.5, 0.6) is 5.75 Å². The van der Waals surface area contributed by atoms with Gasteiger partial charge in [0.1, 0.15) is 22.9 Å². The first-order valence-electron chi connectivity index (χ1n) is 11.5. The standard InChI is InChI=1S/C28H21ClFN3O4/c1-32-27(34)25-20-11-16(5-10-23(20)37-26(25)15-3-6-17(30)7-4-15)19-12-21(24(36-2)13-22(19)29)28(35)33(14-31)18-8-9-18/h3-7,10-13,18H,8-9H2,1-2H3,(H,32,34). The number of halogens is 2. The maximum atomic E-state index is 13.5. The smallest absolute Gasteiger partial charge is 0.270 e. The molecule has 1 fully saturated rings. The zero-order valence-corrected chi connectivity index (χ0v) is 20.7. The number of carbonyl (C=O) groups is 2. The number of furan rings is 1. The van der Waals surface area contributed by atoms with Gasteiger partial charge in [-0.15, -0.1) is 0 Å². The predicted molar refractivity (Wildman–Crippen MR) is 137 cm³/mol. The summed E-state index contributed by atoms with van der Waals surface area (Å²) in [4.78, 5) is 27.3. The van der Waals surface area contributed by atoms with Crippen molar-refractivity contribution in [2.45, 2.75) is 18.9 Å². The third-order valence-electron chi connectivity index (χ3n) is 6.32. The van der Waals surface area contributed by atoms with Gasteiger partial charge >= 0.3 is 0 Å². The summed E-state index contributed by atoms with van der Waals surface area (Å²) in [7, 11) is 2.94.